The summed E-state index contributed by atoms with van der Waals surface area (Å²) in [4.78, 5) is 0. The van der Waals surface area contributed by atoms with Crippen LogP contribution in [0.4, 0.5) is 0 Å². The Bertz CT molecular complexity index is 348. The van der Waals surface area contributed by atoms with Gasteiger partial charge in [-0.3, -0.25) is 4.68 Å². The standard InChI is InChI=1S/C11H19N3/c1-10(2,3)11(4)8(12)7-14-9(11)5-6-13-14/h5-6,8H,7,12H2,1-4H3/t8?,11-/m0/s1. The van der Waals surface area contributed by atoms with Crippen molar-refractivity contribution in [2.24, 2.45) is 11.1 Å². The third kappa shape index (κ3) is 0.989. The number of fused-ring (bicyclic) bond motifs is 1. The van der Waals surface area contributed by atoms with Gasteiger partial charge in [0.2, 0.25) is 0 Å². The van der Waals surface area contributed by atoms with E-state index in [1.807, 2.05) is 10.9 Å². The highest BCUT2D eigenvalue weighted by molar-refractivity contribution is 5.26. The second kappa shape index (κ2) is 2.60. The summed E-state index contributed by atoms with van der Waals surface area (Å²) < 4.78 is 2.04. The molecule has 1 aliphatic heterocycles. The molecule has 1 aliphatic rings. The number of nitrogens with two attached hydrogens (primary N) is 1. The van der Waals surface area contributed by atoms with E-state index in [0.717, 1.165) is 6.54 Å². The van der Waals surface area contributed by atoms with Crippen LogP contribution in [0.2, 0.25) is 0 Å². The molecule has 0 bridgehead atoms. The van der Waals surface area contributed by atoms with Crippen LogP contribution in [0.25, 0.3) is 0 Å². The van der Waals surface area contributed by atoms with Crippen molar-refractivity contribution in [1.82, 2.24) is 9.78 Å². The Balaban J connectivity index is 2.55. The molecule has 1 unspecified atom stereocenters. The van der Waals surface area contributed by atoms with Gasteiger partial charge in [0.1, 0.15) is 0 Å². The van der Waals surface area contributed by atoms with Crippen LogP contribution in [0.15, 0.2) is 12.3 Å². The predicted molar refractivity (Wildman–Crippen MR) is 57.0 cm³/mol. The van der Waals surface area contributed by atoms with Crippen LogP contribution >= 0.6 is 0 Å². The van der Waals surface area contributed by atoms with E-state index in [1.165, 1.54) is 5.69 Å². The molecule has 0 saturated carbocycles. The molecule has 1 aromatic rings. The lowest BCUT2D eigenvalue weighted by atomic mass is 9.63. The Morgan fingerprint density at radius 1 is 1.57 bits per heavy atom. The maximum Gasteiger partial charge on any atom is 0.0573 e. The lowest BCUT2D eigenvalue weighted by Gasteiger charge is -2.41. The summed E-state index contributed by atoms with van der Waals surface area (Å²) in [5, 5.41) is 4.29. The Labute approximate surface area is 85.3 Å². The fraction of sp³-hybridized carbons (Fsp3) is 0.727. The van der Waals surface area contributed by atoms with Crippen LogP contribution in [0, 0.1) is 5.41 Å². The first-order valence-corrected chi connectivity index (χ1v) is 5.15. The van der Waals surface area contributed by atoms with Gasteiger partial charge < -0.3 is 5.73 Å². The van der Waals surface area contributed by atoms with E-state index in [0.29, 0.717) is 0 Å². The van der Waals surface area contributed by atoms with Crippen molar-refractivity contribution in [3.8, 4) is 0 Å². The van der Waals surface area contributed by atoms with E-state index in [1.54, 1.807) is 0 Å². The van der Waals surface area contributed by atoms with Crippen LogP contribution in [-0.4, -0.2) is 15.8 Å². The first-order valence-electron chi connectivity index (χ1n) is 5.15. The molecule has 3 nitrogen and oxygen atoms in total. The lowest BCUT2D eigenvalue weighted by Crippen LogP contribution is -2.49. The normalized spacial score (nSPS) is 31.9. The zero-order chi connectivity index (χ0) is 10.6. The minimum atomic E-state index is 0.0312. The number of aromatic nitrogens is 2. The van der Waals surface area contributed by atoms with Crippen LogP contribution in [0.1, 0.15) is 33.4 Å². The van der Waals surface area contributed by atoms with Gasteiger partial charge in [-0.25, -0.2) is 0 Å². The number of nitrogens with zero attached hydrogens (tertiary/aromatic N) is 2. The van der Waals surface area contributed by atoms with Crippen LogP contribution < -0.4 is 5.73 Å². The van der Waals surface area contributed by atoms with Crippen molar-refractivity contribution in [2.75, 3.05) is 0 Å². The first kappa shape index (κ1) is 9.71. The quantitative estimate of drug-likeness (QED) is 0.679. The van der Waals surface area contributed by atoms with Gasteiger partial charge in [-0.2, -0.15) is 5.10 Å². The summed E-state index contributed by atoms with van der Waals surface area (Å²) in [5.41, 5.74) is 7.71. The molecule has 78 valence electrons. The van der Waals surface area contributed by atoms with E-state index in [4.69, 9.17) is 5.73 Å². The summed E-state index contributed by atoms with van der Waals surface area (Å²) in [5.74, 6) is 0. The Hall–Kier alpha value is -0.830. The molecule has 2 rings (SSSR count). The molecule has 2 atom stereocenters. The van der Waals surface area contributed by atoms with Crippen molar-refractivity contribution in [2.45, 2.75) is 45.7 Å². The second-order valence-corrected chi connectivity index (χ2v) is 5.46. The topological polar surface area (TPSA) is 43.8 Å². The van der Waals surface area contributed by atoms with Gasteiger partial charge in [-0.05, 0) is 11.5 Å². The van der Waals surface area contributed by atoms with Crippen molar-refractivity contribution in [1.29, 1.82) is 0 Å². The average molecular weight is 193 g/mol. The molecule has 3 heteroatoms. The second-order valence-electron chi connectivity index (χ2n) is 5.46. The van der Waals surface area contributed by atoms with Gasteiger partial charge in [0.05, 0.1) is 6.54 Å². The molecule has 14 heavy (non-hydrogen) atoms. The molecule has 2 heterocycles. The summed E-state index contributed by atoms with van der Waals surface area (Å²) in [6.07, 6.45) is 1.87. The zero-order valence-electron chi connectivity index (χ0n) is 9.41. The first-order chi connectivity index (χ1) is 6.37. The van der Waals surface area contributed by atoms with Crippen LogP contribution in [-0.2, 0) is 12.0 Å². The highest BCUT2D eigenvalue weighted by Gasteiger charge is 2.50. The van der Waals surface area contributed by atoms with Crippen molar-refractivity contribution in [3.63, 3.8) is 0 Å². The fourth-order valence-electron chi connectivity index (χ4n) is 2.42. The summed E-state index contributed by atoms with van der Waals surface area (Å²) in [7, 11) is 0. The van der Waals surface area contributed by atoms with Gasteiger partial charge in [-0.15, -0.1) is 0 Å². The van der Waals surface area contributed by atoms with Crippen molar-refractivity contribution in [3.05, 3.63) is 18.0 Å². The minimum absolute atomic E-state index is 0.0312. The molecule has 0 amide bonds. The number of rotatable bonds is 0. The smallest absolute Gasteiger partial charge is 0.0573 e. The molecule has 0 saturated heterocycles. The van der Waals surface area contributed by atoms with Crippen molar-refractivity contribution < 1.29 is 0 Å². The predicted octanol–water partition coefficient (Wildman–Crippen LogP) is 1.53. The molecule has 0 aromatic carbocycles. The molecule has 1 aromatic heterocycles. The maximum atomic E-state index is 6.23. The van der Waals surface area contributed by atoms with Gasteiger partial charge in [-0.1, -0.05) is 27.7 Å². The van der Waals surface area contributed by atoms with Crippen LogP contribution in [0.5, 0.6) is 0 Å². The lowest BCUT2D eigenvalue weighted by molar-refractivity contribution is 0.179. The number of hydrogen-bond donors (Lipinski definition) is 1. The van der Waals surface area contributed by atoms with Crippen molar-refractivity contribution >= 4 is 0 Å². The van der Waals surface area contributed by atoms with Gasteiger partial charge in [0.25, 0.3) is 0 Å². The van der Waals surface area contributed by atoms with E-state index in [2.05, 4.69) is 38.9 Å². The van der Waals surface area contributed by atoms with E-state index >= 15 is 0 Å². The van der Waals surface area contributed by atoms with Gasteiger partial charge >= 0.3 is 0 Å². The molecule has 0 radical (unpaired) electrons. The molecule has 0 fully saturated rings. The van der Waals surface area contributed by atoms with Gasteiger partial charge in [0, 0.05) is 23.3 Å². The summed E-state index contributed by atoms with van der Waals surface area (Å²) >= 11 is 0. The average Bonchev–Trinajstić information content (AvgIpc) is 2.55. The fourth-order valence-corrected chi connectivity index (χ4v) is 2.42. The summed E-state index contributed by atoms with van der Waals surface area (Å²) in [6.45, 7) is 9.83. The van der Waals surface area contributed by atoms with E-state index in [-0.39, 0.29) is 16.9 Å². The summed E-state index contributed by atoms with van der Waals surface area (Å²) in [6, 6.07) is 2.27. The largest absolute Gasteiger partial charge is 0.325 e. The monoisotopic (exact) mass is 193 g/mol. The highest BCUT2D eigenvalue weighted by atomic mass is 15.3. The van der Waals surface area contributed by atoms with E-state index < -0.39 is 0 Å². The molecule has 2 N–H and O–H groups in total. The third-order valence-electron chi connectivity index (χ3n) is 3.92. The van der Waals surface area contributed by atoms with Gasteiger partial charge in [0.15, 0.2) is 0 Å². The molecular formula is C11H19N3. The molecular weight excluding hydrogens is 174 g/mol. The third-order valence-corrected chi connectivity index (χ3v) is 3.92. The maximum absolute atomic E-state index is 6.23. The van der Waals surface area contributed by atoms with E-state index in [9.17, 15) is 0 Å². The highest BCUT2D eigenvalue weighted by Crippen LogP contribution is 2.46. The molecule has 0 aliphatic carbocycles. The molecule has 0 spiro atoms. The Morgan fingerprint density at radius 3 is 2.79 bits per heavy atom. The SMILES string of the molecule is CC(C)(C)[C@]1(C)c2ccnn2CC1N. The van der Waals surface area contributed by atoms with Crippen LogP contribution in [0.3, 0.4) is 0 Å². The Kier molecular flexibility index (Phi) is 1.80. The Morgan fingerprint density at radius 2 is 2.21 bits per heavy atom. The zero-order valence-corrected chi connectivity index (χ0v) is 9.41. The minimum Gasteiger partial charge on any atom is -0.325 e. The number of hydrogen-bond acceptors (Lipinski definition) is 2.